The van der Waals surface area contributed by atoms with Crippen molar-refractivity contribution in [1.29, 1.82) is 5.26 Å². The van der Waals surface area contributed by atoms with E-state index in [1.807, 2.05) is 42.3 Å². The second-order valence-corrected chi connectivity index (χ2v) is 7.89. The highest BCUT2D eigenvalue weighted by atomic mass is 16.2. The van der Waals surface area contributed by atoms with Crippen LogP contribution in [-0.2, 0) is 4.79 Å². The number of hydrogen-bond donors (Lipinski definition) is 0. The van der Waals surface area contributed by atoms with Crippen molar-refractivity contribution < 1.29 is 9.59 Å². The summed E-state index contributed by atoms with van der Waals surface area (Å²) in [6.45, 7) is 2.55. The van der Waals surface area contributed by atoms with Crippen molar-refractivity contribution in [3.63, 3.8) is 0 Å². The van der Waals surface area contributed by atoms with Gasteiger partial charge in [-0.1, -0.05) is 31.0 Å². The lowest BCUT2D eigenvalue weighted by molar-refractivity contribution is -0.130. The summed E-state index contributed by atoms with van der Waals surface area (Å²) < 4.78 is 0. The lowest BCUT2D eigenvalue weighted by Crippen LogP contribution is -2.55. The maximum absolute atomic E-state index is 12.8. The summed E-state index contributed by atoms with van der Waals surface area (Å²) in [5, 5.41) is 9.71. The molecule has 0 aromatic heterocycles. The summed E-state index contributed by atoms with van der Waals surface area (Å²) in [4.78, 5) is 31.3. The third-order valence-corrected chi connectivity index (χ3v) is 6.41. The Morgan fingerprint density at radius 2 is 1.75 bits per heavy atom. The van der Waals surface area contributed by atoms with Gasteiger partial charge in [0.05, 0.1) is 0 Å². The minimum atomic E-state index is -0.150. The van der Waals surface area contributed by atoms with Crippen LogP contribution in [0.15, 0.2) is 41.6 Å². The molecule has 2 aliphatic heterocycles. The number of likely N-dealkylation sites (N-methyl/N-ethyl adjacent to an activating group) is 1. The Kier molecular flexibility index (Phi) is 5.08. The van der Waals surface area contributed by atoms with E-state index in [1.165, 1.54) is 0 Å². The average Bonchev–Trinajstić information content (AvgIpc) is 2.76. The van der Waals surface area contributed by atoms with Crippen LogP contribution in [0.1, 0.15) is 36.0 Å². The zero-order chi connectivity index (χ0) is 19.7. The van der Waals surface area contributed by atoms with Gasteiger partial charge in [-0.3, -0.25) is 9.59 Å². The van der Waals surface area contributed by atoms with Crippen LogP contribution in [0.25, 0.3) is 0 Å². The molecule has 1 aliphatic carbocycles. The first kappa shape index (κ1) is 18.5. The molecule has 28 heavy (non-hydrogen) atoms. The normalized spacial score (nSPS) is 25.4. The standard InChI is InChI=1S/C22H26N4O2/c1-24-19-10-6-5-9-17(19)20(18(15-23)22(24)28)25-11-13-26(14-12-25)21(27)16-7-3-2-4-8-16/h2-4,7-8,17,19H,5-6,9-14H2,1H3. The summed E-state index contributed by atoms with van der Waals surface area (Å²) in [5.74, 6) is 0.135. The number of rotatable bonds is 2. The van der Waals surface area contributed by atoms with E-state index in [9.17, 15) is 14.9 Å². The van der Waals surface area contributed by atoms with Crippen molar-refractivity contribution in [3.05, 3.63) is 47.2 Å². The molecular formula is C22H26N4O2. The van der Waals surface area contributed by atoms with Crippen LogP contribution < -0.4 is 0 Å². The van der Waals surface area contributed by atoms with E-state index in [1.54, 1.807) is 4.90 Å². The van der Waals surface area contributed by atoms with Crippen LogP contribution in [0.2, 0.25) is 0 Å². The number of amides is 2. The highest BCUT2D eigenvalue weighted by molar-refractivity contribution is 5.99. The average molecular weight is 378 g/mol. The minimum absolute atomic E-state index is 0.0460. The number of nitriles is 1. The molecule has 0 N–H and O–H groups in total. The second-order valence-electron chi connectivity index (χ2n) is 7.89. The Hall–Kier alpha value is -2.81. The van der Waals surface area contributed by atoms with Crippen molar-refractivity contribution in [2.75, 3.05) is 33.2 Å². The third-order valence-electron chi connectivity index (χ3n) is 6.41. The van der Waals surface area contributed by atoms with Crippen molar-refractivity contribution in [1.82, 2.24) is 14.7 Å². The molecular weight excluding hydrogens is 352 g/mol. The number of carbonyl (C=O) groups excluding carboxylic acids is 2. The molecule has 0 bridgehead atoms. The van der Waals surface area contributed by atoms with E-state index < -0.39 is 0 Å². The maximum atomic E-state index is 12.8. The van der Waals surface area contributed by atoms with E-state index in [0.29, 0.717) is 37.3 Å². The third kappa shape index (κ3) is 3.15. The van der Waals surface area contributed by atoms with Gasteiger partial charge in [-0.2, -0.15) is 5.26 Å². The summed E-state index contributed by atoms with van der Waals surface area (Å²) in [6, 6.07) is 11.7. The lowest BCUT2D eigenvalue weighted by atomic mass is 9.77. The Morgan fingerprint density at radius 1 is 1.07 bits per heavy atom. The van der Waals surface area contributed by atoms with E-state index in [0.717, 1.165) is 31.4 Å². The summed E-state index contributed by atoms with van der Waals surface area (Å²) in [5.41, 5.74) is 1.94. The van der Waals surface area contributed by atoms with Crippen molar-refractivity contribution in [2.45, 2.75) is 31.7 Å². The molecule has 2 atom stereocenters. The van der Waals surface area contributed by atoms with Crippen LogP contribution >= 0.6 is 0 Å². The Balaban J connectivity index is 1.54. The smallest absolute Gasteiger partial charge is 0.266 e. The molecule has 1 saturated heterocycles. The summed E-state index contributed by atoms with van der Waals surface area (Å²) in [7, 11) is 1.83. The van der Waals surface area contributed by atoms with Gasteiger partial charge in [0, 0.05) is 56.4 Å². The molecule has 2 fully saturated rings. The van der Waals surface area contributed by atoms with Gasteiger partial charge in [-0.25, -0.2) is 0 Å². The minimum Gasteiger partial charge on any atom is -0.370 e. The van der Waals surface area contributed by atoms with Crippen LogP contribution in [0, 0.1) is 17.2 Å². The fourth-order valence-corrected chi connectivity index (χ4v) is 4.93. The fraction of sp³-hybridized carbons (Fsp3) is 0.500. The van der Waals surface area contributed by atoms with Gasteiger partial charge in [0.1, 0.15) is 11.6 Å². The highest BCUT2D eigenvalue weighted by Gasteiger charge is 2.43. The number of piperazine rings is 1. The topological polar surface area (TPSA) is 67.7 Å². The molecule has 2 heterocycles. The quantitative estimate of drug-likeness (QED) is 0.792. The number of nitrogens with zero attached hydrogens (tertiary/aromatic N) is 4. The molecule has 0 radical (unpaired) electrons. The lowest BCUT2D eigenvalue weighted by Gasteiger charge is -2.48. The molecule has 2 amide bonds. The second kappa shape index (κ2) is 7.67. The van der Waals surface area contributed by atoms with E-state index in [4.69, 9.17) is 0 Å². The first-order valence-corrected chi connectivity index (χ1v) is 10.1. The van der Waals surface area contributed by atoms with Crippen LogP contribution in [0.4, 0.5) is 0 Å². The van der Waals surface area contributed by atoms with Crippen molar-refractivity contribution >= 4 is 11.8 Å². The van der Waals surface area contributed by atoms with Crippen molar-refractivity contribution in [3.8, 4) is 6.07 Å². The Morgan fingerprint density at radius 3 is 2.43 bits per heavy atom. The van der Waals surface area contributed by atoms with Gasteiger partial charge in [-0.05, 0) is 25.0 Å². The molecule has 2 unspecified atom stereocenters. The number of carbonyl (C=O) groups is 2. The molecule has 146 valence electrons. The zero-order valence-electron chi connectivity index (χ0n) is 16.3. The van der Waals surface area contributed by atoms with Crippen LogP contribution in [0.3, 0.4) is 0 Å². The maximum Gasteiger partial charge on any atom is 0.266 e. The largest absolute Gasteiger partial charge is 0.370 e. The van der Waals surface area contributed by atoms with Gasteiger partial charge >= 0.3 is 0 Å². The Labute approximate surface area is 166 Å². The molecule has 0 spiro atoms. The van der Waals surface area contributed by atoms with Crippen molar-refractivity contribution in [2.24, 2.45) is 5.92 Å². The zero-order valence-corrected chi connectivity index (χ0v) is 16.3. The molecule has 3 aliphatic rings. The number of hydrogen-bond acceptors (Lipinski definition) is 4. The van der Waals surface area contributed by atoms with Gasteiger partial charge in [0.15, 0.2) is 0 Å². The molecule has 1 saturated carbocycles. The van der Waals surface area contributed by atoms with E-state index >= 15 is 0 Å². The number of benzene rings is 1. The first-order chi connectivity index (χ1) is 13.6. The van der Waals surface area contributed by atoms with Gasteiger partial charge in [-0.15, -0.1) is 0 Å². The molecule has 6 nitrogen and oxygen atoms in total. The summed E-state index contributed by atoms with van der Waals surface area (Å²) >= 11 is 0. The Bertz CT molecular complexity index is 834. The number of fused-ring (bicyclic) bond motifs is 1. The molecule has 1 aromatic rings. The predicted molar refractivity (Wildman–Crippen MR) is 105 cm³/mol. The van der Waals surface area contributed by atoms with Gasteiger partial charge in [0.2, 0.25) is 0 Å². The fourth-order valence-electron chi connectivity index (χ4n) is 4.93. The summed E-state index contributed by atoms with van der Waals surface area (Å²) in [6.07, 6.45) is 4.29. The molecule has 1 aromatic carbocycles. The highest BCUT2D eigenvalue weighted by Crippen LogP contribution is 2.40. The SMILES string of the molecule is CN1C(=O)C(C#N)=C(N2CCN(C(=O)c3ccccc3)CC2)C2CCCCC21. The molecule has 6 heteroatoms. The van der Waals surface area contributed by atoms with E-state index in [2.05, 4.69) is 11.0 Å². The van der Waals surface area contributed by atoms with Crippen LogP contribution in [0.5, 0.6) is 0 Å². The van der Waals surface area contributed by atoms with Gasteiger partial charge in [0.25, 0.3) is 11.8 Å². The monoisotopic (exact) mass is 378 g/mol. The van der Waals surface area contributed by atoms with Gasteiger partial charge < -0.3 is 14.7 Å². The van der Waals surface area contributed by atoms with Crippen LogP contribution in [-0.4, -0.2) is 65.8 Å². The van der Waals surface area contributed by atoms with E-state index in [-0.39, 0.29) is 23.8 Å². The molecule has 4 rings (SSSR count). The predicted octanol–water partition coefficient (Wildman–Crippen LogP) is 2.25. The first-order valence-electron chi connectivity index (χ1n) is 10.1.